The van der Waals surface area contributed by atoms with E-state index >= 15 is 0 Å². The molecule has 0 spiro atoms. The van der Waals surface area contributed by atoms with Crippen molar-refractivity contribution in [2.45, 2.75) is 37.8 Å². The summed E-state index contributed by atoms with van der Waals surface area (Å²) in [6.45, 7) is 0.842. The van der Waals surface area contributed by atoms with Gasteiger partial charge < -0.3 is 21.3 Å². The Morgan fingerprint density at radius 2 is 1.05 bits per heavy atom. The average molecular weight is 561 g/mol. The van der Waals surface area contributed by atoms with Crippen LogP contribution >= 0.6 is 23.5 Å². The summed E-state index contributed by atoms with van der Waals surface area (Å²) in [6.07, 6.45) is 12.4. The van der Waals surface area contributed by atoms with Gasteiger partial charge in [0.15, 0.2) is 0 Å². The summed E-state index contributed by atoms with van der Waals surface area (Å²) in [4.78, 5) is 58.2. The lowest BCUT2D eigenvalue weighted by molar-refractivity contribution is -0.124. The van der Waals surface area contributed by atoms with Crippen molar-refractivity contribution in [1.82, 2.24) is 31.2 Å². The standard InChI is InChI=1S/C26H36N6O4S2/c1-37-17-9-21(31-23(33)19-5-13-27-14-6-19)25(35)29-11-3-4-12-30-26(36)22(10-18-38-2)32-24(34)20-7-15-28-16-8-20/h5-8,13-16,21-22H,3-4,9-12,17-18H2,1-2H3,(H,29,35)(H,30,36)(H,31,33)(H,32,34)/t21-,22-/m0/s1. The largest absolute Gasteiger partial charge is 0.354 e. The van der Waals surface area contributed by atoms with Gasteiger partial charge in [0.05, 0.1) is 0 Å². The molecule has 0 aliphatic carbocycles. The molecule has 0 bridgehead atoms. The second kappa shape index (κ2) is 18.2. The molecule has 10 nitrogen and oxygen atoms in total. The molecular weight excluding hydrogens is 524 g/mol. The van der Waals surface area contributed by atoms with Gasteiger partial charge in [-0.05, 0) is 74.0 Å². The molecule has 2 aromatic rings. The normalized spacial score (nSPS) is 12.2. The van der Waals surface area contributed by atoms with E-state index in [0.717, 1.165) is 11.5 Å². The van der Waals surface area contributed by atoms with Crippen molar-refractivity contribution in [3.63, 3.8) is 0 Å². The zero-order valence-corrected chi connectivity index (χ0v) is 23.4. The molecule has 0 aromatic carbocycles. The highest BCUT2D eigenvalue weighted by Gasteiger charge is 2.22. The maximum absolute atomic E-state index is 12.7. The first-order chi connectivity index (χ1) is 18.5. The third-order valence-electron chi connectivity index (χ3n) is 5.55. The van der Waals surface area contributed by atoms with Gasteiger partial charge in [0, 0.05) is 49.0 Å². The topological polar surface area (TPSA) is 142 Å². The fourth-order valence-corrected chi connectivity index (χ4v) is 4.36. The minimum absolute atomic E-state index is 0.235. The lowest BCUT2D eigenvalue weighted by Gasteiger charge is -2.19. The van der Waals surface area contributed by atoms with Gasteiger partial charge in [0.2, 0.25) is 11.8 Å². The maximum atomic E-state index is 12.7. The van der Waals surface area contributed by atoms with Crippen molar-refractivity contribution in [3.05, 3.63) is 60.2 Å². The summed E-state index contributed by atoms with van der Waals surface area (Å²) < 4.78 is 0. The van der Waals surface area contributed by atoms with Gasteiger partial charge in [-0.25, -0.2) is 0 Å². The molecule has 2 atom stereocenters. The van der Waals surface area contributed by atoms with E-state index in [-0.39, 0.29) is 23.6 Å². The molecule has 4 amide bonds. The number of amides is 4. The number of thioether (sulfide) groups is 2. The molecule has 2 heterocycles. The zero-order chi connectivity index (χ0) is 27.6. The van der Waals surface area contributed by atoms with Crippen LogP contribution in [0, 0.1) is 0 Å². The van der Waals surface area contributed by atoms with Crippen LogP contribution in [-0.2, 0) is 9.59 Å². The molecule has 4 N–H and O–H groups in total. The van der Waals surface area contributed by atoms with Gasteiger partial charge in [0.1, 0.15) is 12.1 Å². The molecule has 2 aromatic heterocycles. The number of unbranched alkanes of at least 4 members (excludes halogenated alkanes) is 1. The smallest absolute Gasteiger partial charge is 0.252 e. The van der Waals surface area contributed by atoms with Crippen LogP contribution in [0.3, 0.4) is 0 Å². The van der Waals surface area contributed by atoms with Crippen molar-refractivity contribution < 1.29 is 19.2 Å². The van der Waals surface area contributed by atoms with E-state index in [2.05, 4.69) is 31.2 Å². The van der Waals surface area contributed by atoms with Crippen LogP contribution in [-0.4, -0.2) is 82.8 Å². The van der Waals surface area contributed by atoms with Crippen LogP contribution < -0.4 is 21.3 Å². The second-order valence-electron chi connectivity index (χ2n) is 8.38. The Balaban J connectivity index is 1.75. The van der Waals surface area contributed by atoms with E-state index in [1.165, 1.54) is 24.8 Å². The molecule has 12 heteroatoms. The number of nitrogens with zero attached hydrogens (tertiary/aromatic N) is 2. The Bertz CT molecular complexity index is 932. The zero-order valence-electron chi connectivity index (χ0n) is 21.8. The van der Waals surface area contributed by atoms with E-state index in [1.54, 1.807) is 47.8 Å². The van der Waals surface area contributed by atoms with Crippen LogP contribution in [0.5, 0.6) is 0 Å². The first kappa shape index (κ1) is 31.1. The molecule has 38 heavy (non-hydrogen) atoms. The molecule has 0 saturated heterocycles. The summed E-state index contributed by atoms with van der Waals surface area (Å²) in [5, 5.41) is 11.4. The quantitative estimate of drug-likeness (QED) is 0.215. The van der Waals surface area contributed by atoms with Gasteiger partial charge in [-0.2, -0.15) is 23.5 Å². The number of nitrogens with one attached hydrogen (secondary N) is 4. The third kappa shape index (κ3) is 11.5. The van der Waals surface area contributed by atoms with Crippen molar-refractivity contribution in [2.75, 3.05) is 37.1 Å². The molecule has 0 aliphatic heterocycles. The number of hydrogen-bond donors (Lipinski definition) is 4. The van der Waals surface area contributed by atoms with Crippen molar-refractivity contribution in [1.29, 1.82) is 0 Å². The Morgan fingerprint density at radius 3 is 1.39 bits per heavy atom. The van der Waals surface area contributed by atoms with Gasteiger partial charge in [-0.3, -0.25) is 29.1 Å². The lowest BCUT2D eigenvalue weighted by Crippen LogP contribution is -2.48. The highest BCUT2D eigenvalue weighted by Crippen LogP contribution is 2.05. The van der Waals surface area contributed by atoms with Gasteiger partial charge in [0.25, 0.3) is 11.8 Å². The monoisotopic (exact) mass is 560 g/mol. The fourth-order valence-electron chi connectivity index (χ4n) is 3.42. The number of pyridine rings is 2. The molecule has 2 rings (SSSR count). The Kier molecular flexibility index (Phi) is 14.9. The van der Waals surface area contributed by atoms with Crippen LogP contribution in [0.4, 0.5) is 0 Å². The molecule has 0 unspecified atom stereocenters. The summed E-state index contributed by atoms with van der Waals surface area (Å²) >= 11 is 3.21. The first-order valence-corrected chi connectivity index (χ1v) is 15.2. The molecular formula is C26H36N6O4S2. The maximum Gasteiger partial charge on any atom is 0.252 e. The molecule has 0 radical (unpaired) electrons. The van der Waals surface area contributed by atoms with E-state index < -0.39 is 12.1 Å². The third-order valence-corrected chi connectivity index (χ3v) is 6.84. The molecule has 206 valence electrons. The van der Waals surface area contributed by atoms with Crippen molar-refractivity contribution in [2.24, 2.45) is 0 Å². The lowest BCUT2D eigenvalue weighted by atomic mass is 10.1. The van der Waals surface area contributed by atoms with Gasteiger partial charge in [-0.1, -0.05) is 0 Å². The molecule has 0 saturated carbocycles. The Morgan fingerprint density at radius 1 is 0.684 bits per heavy atom. The molecule has 0 aliphatic rings. The SMILES string of the molecule is CSCC[C@H](NC(=O)c1ccncc1)C(=O)NCCCCNC(=O)[C@H](CCSC)NC(=O)c1ccncc1. The van der Waals surface area contributed by atoms with E-state index in [9.17, 15) is 19.2 Å². The van der Waals surface area contributed by atoms with Gasteiger partial charge in [-0.15, -0.1) is 0 Å². The minimum Gasteiger partial charge on any atom is -0.354 e. The number of carbonyl (C=O) groups is 4. The number of rotatable bonds is 17. The summed E-state index contributed by atoms with van der Waals surface area (Å²) in [5.41, 5.74) is 0.899. The van der Waals surface area contributed by atoms with Crippen LogP contribution in [0.1, 0.15) is 46.4 Å². The van der Waals surface area contributed by atoms with Crippen LogP contribution in [0.2, 0.25) is 0 Å². The second-order valence-corrected chi connectivity index (χ2v) is 10.3. The number of hydrogen-bond acceptors (Lipinski definition) is 8. The van der Waals surface area contributed by atoms with Crippen molar-refractivity contribution >= 4 is 47.2 Å². The molecule has 0 fully saturated rings. The highest BCUT2D eigenvalue weighted by atomic mass is 32.2. The van der Waals surface area contributed by atoms with Crippen molar-refractivity contribution in [3.8, 4) is 0 Å². The minimum atomic E-state index is -0.635. The average Bonchev–Trinajstić information content (AvgIpc) is 2.95. The number of aromatic nitrogens is 2. The summed E-state index contributed by atoms with van der Waals surface area (Å²) in [7, 11) is 0. The van der Waals surface area contributed by atoms with E-state index in [0.29, 0.717) is 49.9 Å². The van der Waals surface area contributed by atoms with Crippen LogP contribution in [0.25, 0.3) is 0 Å². The number of carbonyl (C=O) groups excluding carboxylic acids is 4. The Hall–Kier alpha value is -3.12. The first-order valence-electron chi connectivity index (χ1n) is 12.4. The highest BCUT2D eigenvalue weighted by molar-refractivity contribution is 7.98. The van der Waals surface area contributed by atoms with E-state index in [1.807, 2.05) is 12.5 Å². The predicted octanol–water partition coefficient (Wildman–Crippen LogP) is 1.89. The van der Waals surface area contributed by atoms with Gasteiger partial charge >= 0.3 is 0 Å². The van der Waals surface area contributed by atoms with Crippen LogP contribution in [0.15, 0.2) is 49.1 Å². The predicted molar refractivity (Wildman–Crippen MR) is 152 cm³/mol. The summed E-state index contributed by atoms with van der Waals surface area (Å²) in [6, 6.07) is 5.13. The fraction of sp³-hybridized carbons (Fsp3) is 0.462. The summed E-state index contributed by atoms with van der Waals surface area (Å²) in [5.74, 6) is 0.362. The Labute approximate surface area is 232 Å². The van der Waals surface area contributed by atoms with E-state index in [4.69, 9.17) is 0 Å².